The van der Waals surface area contributed by atoms with Crippen molar-refractivity contribution < 1.29 is 9.53 Å². The third-order valence-corrected chi connectivity index (χ3v) is 5.58. The number of ether oxygens (including phenoxy) is 1. The number of nitrogens with one attached hydrogen (secondary N) is 1. The highest BCUT2D eigenvalue weighted by Gasteiger charge is 2.36. The first kappa shape index (κ1) is 18.0. The van der Waals surface area contributed by atoms with Crippen LogP contribution in [0.4, 0.5) is 11.4 Å². The van der Waals surface area contributed by atoms with Crippen LogP contribution in [0.5, 0.6) is 0 Å². The van der Waals surface area contributed by atoms with Gasteiger partial charge in [0.05, 0.1) is 19.1 Å². The minimum absolute atomic E-state index is 0.0312. The van der Waals surface area contributed by atoms with Gasteiger partial charge in [-0.2, -0.15) is 0 Å². The van der Waals surface area contributed by atoms with Crippen LogP contribution in [-0.2, 0) is 9.53 Å². The molecule has 4 rings (SSSR count). The number of anilines is 2. The maximum Gasteiger partial charge on any atom is 0.229 e. The van der Waals surface area contributed by atoms with Crippen molar-refractivity contribution in [2.45, 2.75) is 5.92 Å². The smallest absolute Gasteiger partial charge is 0.229 e. The van der Waals surface area contributed by atoms with E-state index in [4.69, 9.17) is 4.74 Å². The second-order valence-electron chi connectivity index (χ2n) is 7.48. The molecular weight excluding hydrogens is 338 g/mol. The Morgan fingerprint density at radius 2 is 1.70 bits per heavy atom. The van der Waals surface area contributed by atoms with Gasteiger partial charge in [0.2, 0.25) is 5.91 Å². The van der Waals surface area contributed by atoms with Gasteiger partial charge in [-0.1, -0.05) is 30.3 Å². The van der Waals surface area contributed by atoms with E-state index in [2.05, 4.69) is 46.4 Å². The highest BCUT2D eigenvalue weighted by atomic mass is 16.5. The zero-order valence-corrected chi connectivity index (χ0v) is 15.8. The van der Waals surface area contributed by atoms with Crippen LogP contribution in [-0.4, -0.2) is 57.2 Å². The minimum atomic E-state index is -0.0312. The van der Waals surface area contributed by atoms with Crippen LogP contribution in [0, 0.1) is 5.92 Å². The van der Waals surface area contributed by atoms with E-state index in [-0.39, 0.29) is 17.7 Å². The van der Waals surface area contributed by atoms with Crippen LogP contribution in [0.15, 0.2) is 54.6 Å². The van der Waals surface area contributed by atoms with Gasteiger partial charge < -0.3 is 19.9 Å². The molecule has 2 aliphatic heterocycles. The molecule has 1 N–H and O–H groups in total. The van der Waals surface area contributed by atoms with Gasteiger partial charge >= 0.3 is 0 Å². The average Bonchev–Trinajstić information content (AvgIpc) is 3.12. The summed E-state index contributed by atoms with van der Waals surface area (Å²) in [5.74, 6) is 0.312. The molecule has 1 amide bonds. The fourth-order valence-corrected chi connectivity index (χ4v) is 4.12. The third-order valence-electron chi connectivity index (χ3n) is 5.58. The molecule has 2 aromatic rings. The maximum atomic E-state index is 13.0. The lowest BCUT2D eigenvalue weighted by Gasteiger charge is -2.29. The summed E-state index contributed by atoms with van der Waals surface area (Å²) in [5, 5.41) is 3.13. The molecule has 0 aromatic heterocycles. The van der Waals surface area contributed by atoms with Crippen molar-refractivity contribution in [2.75, 3.05) is 56.7 Å². The summed E-state index contributed by atoms with van der Waals surface area (Å²) in [6.45, 7) is 5.08. The number of amides is 1. The minimum Gasteiger partial charge on any atom is -0.378 e. The first-order valence-corrected chi connectivity index (χ1v) is 9.68. The molecule has 2 aromatic carbocycles. The summed E-state index contributed by atoms with van der Waals surface area (Å²) in [6.07, 6.45) is 0. The molecule has 0 spiro atoms. The summed E-state index contributed by atoms with van der Waals surface area (Å²) in [4.78, 5) is 17.5. The molecule has 0 radical (unpaired) electrons. The van der Waals surface area contributed by atoms with Gasteiger partial charge in [0, 0.05) is 43.5 Å². The fraction of sp³-hybridized carbons (Fsp3) is 0.409. The van der Waals surface area contributed by atoms with E-state index in [9.17, 15) is 4.79 Å². The monoisotopic (exact) mass is 365 g/mol. The summed E-state index contributed by atoms with van der Waals surface area (Å²) >= 11 is 0. The number of carbonyl (C=O) groups excluding carboxylic acids is 1. The lowest BCUT2D eigenvalue weighted by Crippen LogP contribution is -2.36. The second-order valence-corrected chi connectivity index (χ2v) is 7.48. The van der Waals surface area contributed by atoms with Crippen LogP contribution >= 0.6 is 0 Å². The lowest BCUT2D eigenvalue weighted by molar-refractivity contribution is -0.119. The van der Waals surface area contributed by atoms with E-state index < -0.39 is 0 Å². The van der Waals surface area contributed by atoms with E-state index in [0.29, 0.717) is 0 Å². The predicted molar refractivity (Wildman–Crippen MR) is 108 cm³/mol. The van der Waals surface area contributed by atoms with Gasteiger partial charge in [-0.3, -0.25) is 4.79 Å². The summed E-state index contributed by atoms with van der Waals surface area (Å²) in [6, 6.07) is 18.5. The average molecular weight is 365 g/mol. The number of likely N-dealkylation sites (tertiary alicyclic amines) is 1. The van der Waals surface area contributed by atoms with Gasteiger partial charge in [-0.15, -0.1) is 0 Å². The van der Waals surface area contributed by atoms with Crippen molar-refractivity contribution in [3.05, 3.63) is 60.2 Å². The molecule has 27 heavy (non-hydrogen) atoms. The molecule has 2 unspecified atom stereocenters. The van der Waals surface area contributed by atoms with Gasteiger partial charge in [0.25, 0.3) is 0 Å². The number of benzene rings is 2. The Hall–Kier alpha value is -2.37. The quantitative estimate of drug-likeness (QED) is 0.905. The molecule has 0 bridgehead atoms. The number of carbonyl (C=O) groups is 1. The van der Waals surface area contributed by atoms with Gasteiger partial charge in [0.1, 0.15) is 0 Å². The maximum absolute atomic E-state index is 13.0. The second kappa shape index (κ2) is 8.11. The molecule has 2 atom stereocenters. The predicted octanol–water partition coefficient (Wildman–Crippen LogP) is 2.81. The largest absolute Gasteiger partial charge is 0.378 e. The van der Waals surface area contributed by atoms with E-state index in [1.54, 1.807) is 0 Å². The Bertz CT molecular complexity index is 757. The van der Waals surface area contributed by atoms with E-state index in [1.807, 2.05) is 30.3 Å². The van der Waals surface area contributed by atoms with E-state index in [0.717, 1.165) is 45.1 Å². The number of hydrogen-bond donors (Lipinski definition) is 1. The van der Waals surface area contributed by atoms with Crippen molar-refractivity contribution in [1.82, 2.24) is 4.90 Å². The molecule has 5 heteroatoms. The number of morpholine rings is 1. The standard InChI is InChI=1S/C22H27N3O2/c1-24-15-20(17-5-3-2-4-6-17)21(16-24)22(26)23-18-7-9-19(10-8-18)25-11-13-27-14-12-25/h2-10,20-21H,11-16H2,1H3,(H,23,26). The molecule has 5 nitrogen and oxygen atoms in total. The van der Waals surface area contributed by atoms with Crippen LogP contribution < -0.4 is 10.2 Å². The van der Waals surface area contributed by atoms with Crippen molar-refractivity contribution in [2.24, 2.45) is 5.92 Å². The lowest BCUT2D eigenvalue weighted by atomic mass is 9.88. The van der Waals surface area contributed by atoms with Crippen LogP contribution in [0.1, 0.15) is 11.5 Å². The van der Waals surface area contributed by atoms with Gasteiger partial charge in [-0.05, 0) is 36.9 Å². The van der Waals surface area contributed by atoms with E-state index in [1.165, 1.54) is 11.3 Å². The third kappa shape index (κ3) is 4.15. The van der Waals surface area contributed by atoms with Crippen molar-refractivity contribution in [1.29, 1.82) is 0 Å². The molecule has 2 heterocycles. The first-order valence-electron chi connectivity index (χ1n) is 9.68. The number of rotatable bonds is 4. The molecule has 142 valence electrons. The van der Waals surface area contributed by atoms with Gasteiger partial charge in [0.15, 0.2) is 0 Å². The summed E-state index contributed by atoms with van der Waals surface area (Å²) in [5.41, 5.74) is 3.28. The van der Waals surface area contributed by atoms with Crippen LogP contribution in [0.3, 0.4) is 0 Å². The first-order chi connectivity index (χ1) is 13.2. The Balaban J connectivity index is 1.43. The highest BCUT2D eigenvalue weighted by molar-refractivity contribution is 5.93. The zero-order valence-electron chi connectivity index (χ0n) is 15.8. The number of hydrogen-bond acceptors (Lipinski definition) is 4. The SMILES string of the molecule is CN1CC(C(=O)Nc2ccc(N3CCOCC3)cc2)C(c2ccccc2)C1. The molecule has 2 fully saturated rings. The normalized spacial score (nSPS) is 23.4. The molecule has 2 saturated heterocycles. The zero-order chi connectivity index (χ0) is 18.6. The number of nitrogens with zero attached hydrogens (tertiary/aromatic N) is 2. The Morgan fingerprint density at radius 3 is 2.41 bits per heavy atom. The highest BCUT2D eigenvalue weighted by Crippen LogP contribution is 2.33. The molecule has 0 aliphatic carbocycles. The van der Waals surface area contributed by atoms with Crippen LogP contribution in [0.25, 0.3) is 0 Å². The van der Waals surface area contributed by atoms with Crippen molar-refractivity contribution in [3.63, 3.8) is 0 Å². The van der Waals surface area contributed by atoms with Crippen molar-refractivity contribution >= 4 is 17.3 Å². The van der Waals surface area contributed by atoms with E-state index >= 15 is 0 Å². The molecular formula is C22H27N3O2. The summed E-state index contributed by atoms with van der Waals surface area (Å²) < 4.78 is 5.41. The molecule has 0 saturated carbocycles. The van der Waals surface area contributed by atoms with Crippen molar-refractivity contribution in [3.8, 4) is 0 Å². The Kier molecular flexibility index (Phi) is 5.41. The fourth-order valence-electron chi connectivity index (χ4n) is 4.12. The summed E-state index contributed by atoms with van der Waals surface area (Å²) in [7, 11) is 2.08. The number of likely N-dealkylation sites (N-methyl/N-ethyl adjacent to an activating group) is 1. The molecule has 2 aliphatic rings. The van der Waals surface area contributed by atoms with Crippen LogP contribution in [0.2, 0.25) is 0 Å². The topological polar surface area (TPSA) is 44.8 Å². The van der Waals surface area contributed by atoms with Gasteiger partial charge in [-0.25, -0.2) is 0 Å². The Morgan fingerprint density at radius 1 is 1.00 bits per heavy atom. The Labute approximate surface area is 160 Å².